The van der Waals surface area contributed by atoms with Crippen LogP contribution in [0, 0.1) is 0 Å². The minimum Gasteiger partial charge on any atom is -0.485 e. The average Bonchev–Trinajstić information content (AvgIpc) is 2.80. The van der Waals surface area contributed by atoms with Crippen molar-refractivity contribution in [2.24, 2.45) is 12.8 Å². The van der Waals surface area contributed by atoms with Crippen LogP contribution in [0.4, 0.5) is 13.2 Å². The lowest BCUT2D eigenvalue weighted by Crippen LogP contribution is -2.11. The van der Waals surface area contributed by atoms with Crippen LogP contribution in [0.5, 0.6) is 5.75 Å². The predicted octanol–water partition coefficient (Wildman–Crippen LogP) is 1.87. The normalized spacial score (nSPS) is 11.7. The predicted molar refractivity (Wildman–Crippen MR) is 64.7 cm³/mol. The summed E-state index contributed by atoms with van der Waals surface area (Å²) in [6.07, 6.45) is -3.05. The second-order valence-corrected chi connectivity index (χ2v) is 4.18. The standard InChI is InChI=1S/C12H13F3N4O/c1-19-7-17-18-11(19)6-20-10-3-2-8(5-16)4-9(10)12(13,14)15/h2-4,7H,5-6,16H2,1H3. The number of benzene rings is 1. The van der Waals surface area contributed by atoms with E-state index in [-0.39, 0.29) is 18.9 Å². The van der Waals surface area contributed by atoms with Gasteiger partial charge in [0.25, 0.3) is 0 Å². The first-order chi connectivity index (χ1) is 9.41. The van der Waals surface area contributed by atoms with Gasteiger partial charge in [-0.3, -0.25) is 0 Å². The van der Waals surface area contributed by atoms with E-state index in [0.29, 0.717) is 11.4 Å². The van der Waals surface area contributed by atoms with E-state index in [0.717, 1.165) is 6.07 Å². The van der Waals surface area contributed by atoms with Gasteiger partial charge in [0.1, 0.15) is 18.7 Å². The molecule has 2 N–H and O–H groups in total. The van der Waals surface area contributed by atoms with Crippen LogP contribution in [0.1, 0.15) is 17.0 Å². The fourth-order valence-electron chi connectivity index (χ4n) is 1.63. The Labute approximate surface area is 113 Å². The Balaban J connectivity index is 2.25. The molecule has 5 nitrogen and oxygen atoms in total. The van der Waals surface area contributed by atoms with Crippen molar-refractivity contribution in [3.8, 4) is 5.75 Å². The van der Waals surface area contributed by atoms with Gasteiger partial charge in [0.15, 0.2) is 5.82 Å². The summed E-state index contributed by atoms with van der Waals surface area (Å²) < 4.78 is 45.6. The Morgan fingerprint density at radius 2 is 2.10 bits per heavy atom. The molecule has 0 bridgehead atoms. The van der Waals surface area contributed by atoms with Crippen LogP contribution < -0.4 is 10.5 Å². The largest absolute Gasteiger partial charge is 0.485 e. The van der Waals surface area contributed by atoms with E-state index in [1.54, 1.807) is 11.6 Å². The molecule has 8 heteroatoms. The molecule has 0 radical (unpaired) electrons. The summed E-state index contributed by atoms with van der Waals surface area (Å²) in [7, 11) is 1.68. The number of nitrogens with zero attached hydrogens (tertiary/aromatic N) is 3. The van der Waals surface area contributed by atoms with E-state index in [9.17, 15) is 13.2 Å². The summed E-state index contributed by atoms with van der Waals surface area (Å²) in [6.45, 7) is -0.0613. The number of alkyl halides is 3. The third-order valence-electron chi connectivity index (χ3n) is 2.75. The topological polar surface area (TPSA) is 66.0 Å². The molecule has 2 aromatic rings. The van der Waals surface area contributed by atoms with E-state index < -0.39 is 11.7 Å². The Morgan fingerprint density at radius 3 is 2.65 bits per heavy atom. The molecular formula is C12H13F3N4O. The zero-order valence-electron chi connectivity index (χ0n) is 10.7. The minimum absolute atomic E-state index is 0.0344. The number of nitrogens with two attached hydrogens (primary N) is 1. The monoisotopic (exact) mass is 286 g/mol. The van der Waals surface area contributed by atoms with E-state index >= 15 is 0 Å². The maximum atomic E-state index is 13.0. The van der Waals surface area contributed by atoms with Crippen LogP contribution in [-0.4, -0.2) is 14.8 Å². The van der Waals surface area contributed by atoms with Crippen molar-refractivity contribution < 1.29 is 17.9 Å². The highest BCUT2D eigenvalue weighted by Gasteiger charge is 2.34. The van der Waals surface area contributed by atoms with Gasteiger partial charge in [-0.2, -0.15) is 13.2 Å². The summed E-state index contributed by atoms with van der Waals surface area (Å²) in [4.78, 5) is 0. The molecule has 0 aliphatic carbocycles. The van der Waals surface area contributed by atoms with Crippen molar-refractivity contribution >= 4 is 0 Å². The second kappa shape index (κ2) is 5.49. The maximum Gasteiger partial charge on any atom is 0.419 e. The minimum atomic E-state index is -4.50. The van der Waals surface area contributed by atoms with Gasteiger partial charge >= 0.3 is 6.18 Å². The molecule has 1 aromatic heterocycles. The first-order valence-corrected chi connectivity index (χ1v) is 5.77. The van der Waals surface area contributed by atoms with Crippen molar-refractivity contribution in [1.29, 1.82) is 0 Å². The number of halogens is 3. The number of aryl methyl sites for hydroxylation is 1. The van der Waals surface area contributed by atoms with Gasteiger partial charge in [0.2, 0.25) is 0 Å². The fraction of sp³-hybridized carbons (Fsp3) is 0.333. The van der Waals surface area contributed by atoms with Gasteiger partial charge in [-0.1, -0.05) is 6.07 Å². The number of rotatable bonds is 4. The summed E-state index contributed by atoms with van der Waals surface area (Å²) in [6, 6.07) is 3.76. The molecule has 0 saturated carbocycles. The number of aromatic nitrogens is 3. The number of ether oxygens (including phenoxy) is 1. The molecule has 0 amide bonds. The van der Waals surface area contributed by atoms with Crippen LogP contribution in [0.15, 0.2) is 24.5 Å². The van der Waals surface area contributed by atoms with Gasteiger partial charge in [0.05, 0.1) is 5.56 Å². The van der Waals surface area contributed by atoms with Crippen LogP contribution in [-0.2, 0) is 26.4 Å². The highest BCUT2D eigenvalue weighted by atomic mass is 19.4. The van der Waals surface area contributed by atoms with Gasteiger partial charge in [-0.25, -0.2) is 0 Å². The van der Waals surface area contributed by atoms with Gasteiger partial charge < -0.3 is 15.0 Å². The zero-order chi connectivity index (χ0) is 14.8. The second-order valence-electron chi connectivity index (χ2n) is 4.18. The lowest BCUT2D eigenvalue weighted by Gasteiger charge is -2.14. The fourth-order valence-corrected chi connectivity index (χ4v) is 1.63. The van der Waals surface area contributed by atoms with E-state index in [1.165, 1.54) is 18.5 Å². The molecule has 0 spiro atoms. The summed E-state index contributed by atoms with van der Waals surface area (Å²) in [5.41, 5.74) is 4.90. The third-order valence-corrected chi connectivity index (χ3v) is 2.75. The lowest BCUT2D eigenvalue weighted by molar-refractivity contribution is -0.139. The van der Waals surface area contributed by atoms with E-state index in [1.807, 2.05) is 0 Å². The molecular weight excluding hydrogens is 273 g/mol. The quantitative estimate of drug-likeness (QED) is 0.931. The molecule has 0 aliphatic rings. The lowest BCUT2D eigenvalue weighted by atomic mass is 10.1. The average molecular weight is 286 g/mol. The molecule has 1 heterocycles. The van der Waals surface area contributed by atoms with Crippen molar-refractivity contribution in [1.82, 2.24) is 14.8 Å². The van der Waals surface area contributed by atoms with Crippen molar-refractivity contribution in [3.63, 3.8) is 0 Å². The summed E-state index contributed by atoms with van der Waals surface area (Å²) >= 11 is 0. The van der Waals surface area contributed by atoms with Gasteiger partial charge in [0, 0.05) is 13.6 Å². The molecule has 2 rings (SSSR count). The Bertz CT molecular complexity index is 595. The number of hydrogen-bond donors (Lipinski definition) is 1. The molecule has 0 atom stereocenters. The number of hydrogen-bond acceptors (Lipinski definition) is 4. The van der Waals surface area contributed by atoms with Crippen molar-refractivity contribution in [2.45, 2.75) is 19.3 Å². The molecule has 20 heavy (non-hydrogen) atoms. The summed E-state index contributed by atoms with van der Waals surface area (Å²) in [5.74, 6) is 0.179. The van der Waals surface area contributed by atoms with Crippen LogP contribution in [0.25, 0.3) is 0 Å². The zero-order valence-corrected chi connectivity index (χ0v) is 10.7. The Hall–Kier alpha value is -2.09. The highest BCUT2D eigenvalue weighted by molar-refractivity contribution is 5.39. The molecule has 108 valence electrons. The van der Waals surface area contributed by atoms with E-state index in [4.69, 9.17) is 10.5 Å². The SMILES string of the molecule is Cn1cnnc1COc1ccc(CN)cc1C(F)(F)F. The van der Waals surface area contributed by atoms with Crippen molar-refractivity contribution in [3.05, 3.63) is 41.5 Å². The van der Waals surface area contributed by atoms with Crippen molar-refractivity contribution in [2.75, 3.05) is 0 Å². The van der Waals surface area contributed by atoms with E-state index in [2.05, 4.69) is 10.2 Å². The molecule has 0 unspecified atom stereocenters. The van der Waals surface area contributed by atoms with Gasteiger partial charge in [-0.05, 0) is 17.7 Å². The molecule has 0 saturated heterocycles. The summed E-state index contributed by atoms with van der Waals surface area (Å²) in [5, 5.41) is 7.37. The Kier molecular flexibility index (Phi) is 3.93. The van der Waals surface area contributed by atoms with Crippen LogP contribution in [0.2, 0.25) is 0 Å². The van der Waals surface area contributed by atoms with Gasteiger partial charge in [-0.15, -0.1) is 10.2 Å². The molecule has 0 aliphatic heterocycles. The van der Waals surface area contributed by atoms with Crippen LogP contribution >= 0.6 is 0 Å². The first kappa shape index (κ1) is 14.3. The molecule has 1 aromatic carbocycles. The first-order valence-electron chi connectivity index (χ1n) is 5.77. The highest BCUT2D eigenvalue weighted by Crippen LogP contribution is 2.37. The third kappa shape index (κ3) is 3.08. The Morgan fingerprint density at radius 1 is 1.35 bits per heavy atom. The molecule has 0 fully saturated rings. The maximum absolute atomic E-state index is 13.0. The van der Waals surface area contributed by atoms with Crippen LogP contribution in [0.3, 0.4) is 0 Å². The smallest absolute Gasteiger partial charge is 0.419 e.